The summed E-state index contributed by atoms with van der Waals surface area (Å²) >= 11 is 0. The standard InChI is InChI=1S/C18H19FN2O3/c1-12-7-4-5-10-15(12)24-11-13-8-6-9-14(19)16(13)17(21-23-3)18(22)20-2/h4-10H,11H2,1-3H3,(H,20,22)/b21-17-. The number of carbonyl (C=O) groups excluding carboxylic acids is 1. The van der Waals surface area contributed by atoms with Crippen molar-refractivity contribution >= 4 is 11.6 Å². The second-order valence-corrected chi connectivity index (χ2v) is 5.03. The van der Waals surface area contributed by atoms with Crippen LogP contribution in [-0.4, -0.2) is 25.8 Å². The van der Waals surface area contributed by atoms with Gasteiger partial charge in [-0.05, 0) is 24.6 Å². The number of ether oxygens (including phenoxy) is 1. The molecule has 0 spiro atoms. The molecule has 1 amide bonds. The number of carbonyl (C=O) groups is 1. The number of rotatable bonds is 6. The number of likely N-dealkylation sites (N-methyl/N-ethyl adjacent to an activating group) is 1. The summed E-state index contributed by atoms with van der Waals surface area (Å²) in [5.74, 6) is -0.419. The summed E-state index contributed by atoms with van der Waals surface area (Å²) < 4.78 is 20.1. The molecule has 2 rings (SSSR count). The second-order valence-electron chi connectivity index (χ2n) is 5.03. The summed E-state index contributed by atoms with van der Waals surface area (Å²) in [5, 5.41) is 6.10. The first-order valence-corrected chi connectivity index (χ1v) is 7.38. The average Bonchev–Trinajstić information content (AvgIpc) is 2.59. The van der Waals surface area contributed by atoms with Crippen LogP contribution in [0.1, 0.15) is 16.7 Å². The van der Waals surface area contributed by atoms with Crippen LogP contribution in [-0.2, 0) is 16.2 Å². The molecule has 0 radical (unpaired) electrons. The number of nitrogens with zero attached hydrogens (tertiary/aromatic N) is 1. The summed E-state index contributed by atoms with van der Waals surface area (Å²) in [6.07, 6.45) is 0. The number of benzene rings is 2. The van der Waals surface area contributed by atoms with Gasteiger partial charge >= 0.3 is 0 Å². The first-order chi connectivity index (χ1) is 11.6. The number of amides is 1. The van der Waals surface area contributed by atoms with Crippen molar-refractivity contribution in [3.05, 3.63) is 65.0 Å². The van der Waals surface area contributed by atoms with Gasteiger partial charge in [0.05, 0.1) is 5.56 Å². The van der Waals surface area contributed by atoms with Gasteiger partial charge in [0, 0.05) is 12.6 Å². The topological polar surface area (TPSA) is 59.9 Å². The molecular weight excluding hydrogens is 311 g/mol. The lowest BCUT2D eigenvalue weighted by molar-refractivity contribution is -0.114. The summed E-state index contributed by atoms with van der Waals surface area (Å²) in [6, 6.07) is 12.0. The molecule has 6 heteroatoms. The van der Waals surface area contributed by atoms with Gasteiger partial charge in [0.15, 0.2) is 5.71 Å². The van der Waals surface area contributed by atoms with Crippen LogP contribution in [0.3, 0.4) is 0 Å². The molecule has 2 aromatic rings. The average molecular weight is 330 g/mol. The van der Waals surface area contributed by atoms with Gasteiger partial charge in [-0.1, -0.05) is 35.5 Å². The largest absolute Gasteiger partial charge is 0.489 e. The van der Waals surface area contributed by atoms with E-state index in [-0.39, 0.29) is 17.9 Å². The van der Waals surface area contributed by atoms with Crippen LogP contribution in [0.25, 0.3) is 0 Å². The molecule has 2 aromatic carbocycles. The Kier molecular flexibility index (Phi) is 5.89. The van der Waals surface area contributed by atoms with Crippen LogP contribution in [0.4, 0.5) is 4.39 Å². The molecule has 0 fully saturated rings. The fourth-order valence-electron chi connectivity index (χ4n) is 2.24. The number of oxime groups is 1. The summed E-state index contributed by atoms with van der Waals surface area (Å²) in [5.41, 5.74) is 1.39. The SMILES string of the molecule is CNC(=O)/C(=N\OC)c1c(F)cccc1COc1ccccc1C. The predicted molar refractivity (Wildman–Crippen MR) is 89.5 cm³/mol. The van der Waals surface area contributed by atoms with Crippen LogP contribution in [0.2, 0.25) is 0 Å². The zero-order valence-corrected chi connectivity index (χ0v) is 13.8. The van der Waals surface area contributed by atoms with Crippen molar-refractivity contribution in [3.8, 4) is 5.75 Å². The van der Waals surface area contributed by atoms with E-state index >= 15 is 0 Å². The van der Waals surface area contributed by atoms with Gasteiger partial charge in [-0.25, -0.2) is 4.39 Å². The van der Waals surface area contributed by atoms with E-state index in [0.717, 1.165) is 5.56 Å². The van der Waals surface area contributed by atoms with E-state index in [1.807, 2.05) is 31.2 Å². The maximum absolute atomic E-state index is 14.4. The van der Waals surface area contributed by atoms with Crippen molar-refractivity contribution in [1.29, 1.82) is 0 Å². The van der Waals surface area contributed by atoms with E-state index in [9.17, 15) is 9.18 Å². The van der Waals surface area contributed by atoms with E-state index in [0.29, 0.717) is 11.3 Å². The monoisotopic (exact) mass is 330 g/mol. The Balaban J connectivity index is 2.37. The number of nitrogens with one attached hydrogen (secondary N) is 1. The third-order valence-electron chi connectivity index (χ3n) is 3.44. The summed E-state index contributed by atoms with van der Waals surface area (Å²) in [6.45, 7) is 2.02. The number of hydrogen-bond donors (Lipinski definition) is 1. The molecule has 0 aliphatic rings. The minimum absolute atomic E-state index is 0.0623. The highest BCUT2D eigenvalue weighted by Gasteiger charge is 2.22. The number of hydrogen-bond acceptors (Lipinski definition) is 4. The predicted octanol–water partition coefficient (Wildman–Crippen LogP) is 2.81. The fraction of sp³-hybridized carbons (Fsp3) is 0.222. The highest BCUT2D eigenvalue weighted by Crippen LogP contribution is 2.21. The zero-order valence-electron chi connectivity index (χ0n) is 13.8. The Hall–Kier alpha value is -2.89. The molecule has 0 bridgehead atoms. The lowest BCUT2D eigenvalue weighted by atomic mass is 10.0. The second kappa shape index (κ2) is 8.10. The van der Waals surface area contributed by atoms with E-state index in [1.54, 1.807) is 12.1 Å². The minimum atomic E-state index is -0.569. The van der Waals surface area contributed by atoms with E-state index in [2.05, 4.69) is 10.5 Å². The Morgan fingerprint density at radius 1 is 1.21 bits per heavy atom. The first-order valence-electron chi connectivity index (χ1n) is 7.38. The summed E-state index contributed by atoms with van der Waals surface area (Å²) in [4.78, 5) is 16.7. The van der Waals surface area contributed by atoms with E-state index in [4.69, 9.17) is 9.57 Å². The molecule has 0 heterocycles. The van der Waals surface area contributed by atoms with Crippen molar-refractivity contribution in [3.63, 3.8) is 0 Å². The van der Waals surface area contributed by atoms with E-state index in [1.165, 1.54) is 20.2 Å². The maximum Gasteiger partial charge on any atom is 0.273 e. The lowest BCUT2D eigenvalue weighted by Crippen LogP contribution is -2.30. The van der Waals surface area contributed by atoms with Crippen molar-refractivity contribution in [2.24, 2.45) is 5.16 Å². The lowest BCUT2D eigenvalue weighted by Gasteiger charge is -2.14. The number of aryl methyl sites for hydroxylation is 1. The Bertz CT molecular complexity index is 760. The van der Waals surface area contributed by atoms with Gasteiger partial charge in [-0.3, -0.25) is 4.79 Å². The van der Waals surface area contributed by atoms with Crippen molar-refractivity contribution < 1.29 is 18.8 Å². The van der Waals surface area contributed by atoms with Gasteiger partial charge in [0.1, 0.15) is 25.3 Å². The first kappa shape index (κ1) is 17.5. The molecule has 0 aliphatic carbocycles. The van der Waals surface area contributed by atoms with E-state index < -0.39 is 11.7 Å². The van der Waals surface area contributed by atoms with Gasteiger partial charge in [-0.2, -0.15) is 0 Å². The number of para-hydroxylation sites is 1. The third-order valence-corrected chi connectivity index (χ3v) is 3.44. The molecular formula is C18H19FN2O3. The highest BCUT2D eigenvalue weighted by atomic mass is 19.1. The minimum Gasteiger partial charge on any atom is -0.489 e. The summed E-state index contributed by atoms with van der Waals surface area (Å²) in [7, 11) is 2.74. The van der Waals surface area contributed by atoms with Crippen LogP contribution in [0, 0.1) is 12.7 Å². The Morgan fingerprint density at radius 2 is 1.96 bits per heavy atom. The van der Waals surface area contributed by atoms with Crippen LogP contribution in [0.15, 0.2) is 47.6 Å². The Labute approximate surface area is 140 Å². The molecule has 5 nitrogen and oxygen atoms in total. The molecule has 126 valence electrons. The highest BCUT2D eigenvalue weighted by molar-refractivity contribution is 6.45. The third kappa shape index (κ3) is 3.90. The molecule has 0 aliphatic heterocycles. The zero-order chi connectivity index (χ0) is 17.5. The Morgan fingerprint density at radius 3 is 2.62 bits per heavy atom. The van der Waals surface area contributed by atoms with Crippen LogP contribution in [0.5, 0.6) is 5.75 Å². The molecule has 24 heavy (non-hydrogen) atoms. The van der Waals surface area contributed by atoms with Gasteiger partial charge in [0.25, 0.3) is 5.91 Å². The van der Waals surface area contributed by atoms with Gasteiger partial charge in [0.2, 0.25) is 0 Å². The molecule has 0 saturated carbocycles. The quantitative estimate of drug-likeness (QED) is 0.654. The molecule has 0 saturated heterocycles. The van der Waals surface area contributed by atoms with Gasteiger partial charge < -0.3 is 14.9 Å². The number of halogens is 1. The van der Waals surface area contributed by atoms with Crippen LogP contribution >= 0.6 is 0 Å². The normalized spacial score (nSPS) is 11.1. The molecule has 0 aromatic heterocycles. The molecule has 1 N–H and O–H groups in total. The van der Waals surface area contributed by atoms with Crippen molar-refractivity contribution in [1.82, 2.24) is 5.32 Å². The molecule has 0 atom stereocenters. The smallest absolute Gasteiger partial charge is 0.273 e. The fourth-order valence-corrected chi connectivity index (χ4v) is 2.24. The van der Waals surface area contributed by atoms with Crippen molar-refractivity contribution in [2.45, 2.75) is 13.5 Å². The van der Waals surface area contributed by atoms with Crippen LogP contribution < -0.4 is 10.1 Å². The van der Waals surface area contributed by atoms with Gasteiger partial charge in [-0.15, -0.1) is 0 Å². The molecule has 0 unspecified atom stereocenters. The maximum atomic E-state index is 14.4. The van der Waals surface area contributed by atoms with Crippen molar-refractivity contribution in [2.75, 3.05) is 14.2 Å².